The Morgan fingerprint density at radius 1 is 1.43 bits per heavy atom. The van der Waals surface area contributed by atoms with Gasteiger partial charge in [-0.3, -0.25) is 4.90 Å². The normalized spacial score (nSPS) is 37.7. The predicted molar refractivity (Wildman–Crippen MR) is 58.5 cm³/mol. The third-order valence-corrected chi connectivity index (χ3v) is 4.07. The average Bonchev–Trinajstić information content (AvgIpc) is 2.68. The van der Waals surface area contributed by atoms with Crippen LogP contribution in [0.2, 0.25) is 0 Å². The van der Waals surface area contributed by atoms with Gasteiger partial charge in [0.15, 0.2) is 0 Å². The van der Waals surface area contributed by atoms with Crippen molar-refractivity contribution in [3.8, 4) is 0 Å². The van der Waals surface area contributed by atoms with Crippen molar-refractivity contribution in [3.63, 3.8) is 0 Å². The second-order valence-electron chi connectivity index (χ2n) is 4.94. The van der Waals surface area contributed by atoms with Gasteiger partial charge in [0.25, 0.3) is 0 Å². The summed E-state index contributed by atoms with van der Waals surface area (Å²) in [6, 6.07) is 0.859. The standard InChI is InChI=1S/C12H23NO/c1-3-5-11-6-8-12(10-14-2)7-4-9-13(11)12/h11H,3-10H2,1-2H3. The fraction of sp³-hybridized carbons (Fsp3) is 1.00. The molecule has 0 aromatic rings. The Labute approximate surface area is 87.6 Å². The molecular weight excluding hydrogens is 174 g/mol. The zero-order valence-electron chi connectivity index (χ0n) is 9.59. The van der Waals surface area contributed by atoms with E-state index in [0.29, 0.717) is 5.54 Å². The summed E-state index contributed by atoms with van der Waals surface area (Å²) in [4.78, 5) is 2.75. The van der Waals surface area contributed by atoms with Crippen LogP contribution in [0.15, 0.2) is 0 Å². The van der Waals surface area contributed by atoms with E-state index in [0.717, 1.165) is 12.6 Å². The molecule has 0 aromatic carbocycles. The molecule has 2 aliphatic heterocycles. The number of ether oxygens (including phenoxy) is 1. The van der Waals surface area contributed by atoms with Crippen molar-refractivity contribution in [3.05, 3.63) is 0 Å². The Hall–Kier alpha value is -0.0800. The van der Waals surface area contributed by atoms with Crippen LogP contribution in [-0.4, -0.2) is 36.7 Å². The SMILES string of the molecule is CCCC1CCC2(COC)CCCN12. The van der Waals surface area contributed by atoms with Crippen LogP contribution in [0.3, 0.4) is 0 Å². The third kappa shape index (κ3) is 1.59. The fourth-order valence-corrected chi connectivity index (χ4v) is 3.52. The Kier molecular flexibility index (Phi) is 3.13. The first-order chi connectivity index (χ1) is 6.82. The Morgan fingerprint density at radius 2 is 2.29 bits per heavy atom. The first-order valence-corrected chi connectivity index (χ1v) is 6.08. The first kappa shape index (κ1) is 10.4. The molecule has 2 atom stereocenters. The lowest BCUT2D eigenvalue weighted by molar-refractivity contribution is 0.0482. The quantitative estimate of drug-likeness (QED) is 0.686. The maximum absolute atomic E-state index is 5.42. The summed E-state index contributed by atoms with van der Waals surface area (Å²) in [5.41, 5.74) is 0.439. The van der Waals surface area contributed by atoms with Gasteiger partial charge in [-0.15, -0.1) is 0 Å². The van der Waals surface area contributed by atoms with E-state index < -0.39 is 0 Å². The molecule has 0 N–H and O–H groups in total. The van der Waals surface area contributed by atoms with E-state index in [1.807, 2.05) is 7.11 Å². The van der Waals surface area contributed by atoms with Gasteiger partial charge in [0.05, 0.1) is 6.61 Å². The van der Waals surface area contributed by atoms with Crippen molar-refractivity contribution < 1.29 is 4.74 Å². The third-order valence-electron chi connectivity index (χ3n) is 4.07. The molecule has 0 saturated carbocycles. The van der Waals surface area contributed by atoms with Crippen molar-refractivity contribution in [1.29, 1.82) is 0 Å². The largest absolute Gasteiger partial charge is 0.383 e. The summed E-state index contributed by atoms with van der Waals surface area (Å²) in [7, 11) is 1.85. The minimum Gasteiger partial charge on any atom is -0.383 e. The summed E-state index contributed by atoms with van der Waals surface area (Å²) in [5, 5.41) is 0. The second kappa shape index (κ2) is 4.19. The lowest BCUT2D eigenvalue weighted by Gasteiger charge is -2.34. The van der Waals surface area contributed by atoms with Crippen LogP contribution in [0.4, 0.5) is 0 Å². The molecule has 0 radical (unpaired) electrons. The highest BCUT2D eigenvalue weighted by Gasteiger charge is 2.48. The smallest absolute Gasteiger partial charge is 0.0646 e. The molecule has 0 aromatic heterocycles. The maximum Gasteiger partial charge on any atom is 0.0646 e. The van der Waals surface area contributed by atoms with Crippen LogP contribution in [0.1, 0.15) is 45.4 Å². The molecule has 0 spiro atoms. The predicted octanol–water partition coefficient (Wildman–Crippen LogP) is 2.43. The lowest BCUT2D eigenvalue weighted by Crippen LogP contribution is -2.45. The van der Waals surface area contributed by atoms with E-state index in [2.05, 4.69) is 11.8 Å². The van der Waals surface area contributed by atoms with Gasteiger partial charge in [-0.2, -0.15) is 0 Å². The summed E-state index contributed by atoms with van der Waals surface area (Å²) in [6.45, 7) is 4.56. The highest BCUT2D eigenvalue weighted by Crippen LogP contribution is 2.43. The number of hydrogen-bond donors (Lipinski definition) is 0. The highest BCUT2D eigenvalue weighted by molar-refractivity contribution is 5.04. The van der Waals surface area contributed by atoms with Crippen LogP contribution < -0.4 is 0 Å². The Morgan fingerprint density at radius 3 is 3.00 bits per heavy atom. The molecule has 0 bridgehead atoms. The molecule has 2 unspecified atom stereocenters. The van der Waals surface area contributed by atoms with Gasteiger partial charge in [0.2, 0.25) is 0 Å². The molecule has 2 aliphatic rings. The molecule has 2 heterocycles. The number of nitrogens with zero attached hydrogens (tertiary/aromatic N) is 1. The molecule has 0 aliphatic carbocycles. The molecule has 2 fully saturated rings. The van der Waals surface area contributed by atoms with E-state index in [-0.39, 0.29) is 0 Å². The highest BCUT2D eigenvalue weighted by atomic mass is 16.5. The summed E-state index contributed by atoms with van der Waals surface area (Å²) < 4.78 is 5.42. The van der Waals surface area contributed by atoms with Gasteiger partial charge in [0, 0.05) is 18.7 Å². The lowest BCUT2D eigenvalue weighted by atomic mass is 9.95. The van der Waals surface area contributed by atoms with Crippen LogP contribution >= 0.6 is 0 Å². The van der Waals surface area contributed by atoms with E-state index in [4.69, 9.17) is 4.74 Å². The van der Waals surface area contributed by atoms with E-state index in [1.54, 1.807) is 0 Å². The number of fused-ring (bicyclic) bond motifs is 1. The minimum atomic E-state index is 0.439. The zero-order valence-corrected chi connectivity index (χ0v) is 9.59. The van der Waals surface area contributed by atoms with Crippen LogP contribution in [-0.2, 0) is 4.74 Å². The van der Waals surface area contributed by atoms with E-state index >= 15 is 0 Å². The molecule has 14 heavy (non-hydrogen) atoms. The van der Waals surface area contributed by atoms with Crippen LogP contribution in [0, 0.1) is 0 Å². The Balaban J connectivity index is 2.04. The number of rotatable bonds is 4. The second-order valence-corrected chi connectivity index (χ2v) is 4.94. The van der Waals surface area contributed by atoms with Crippen molar-refractivity contribution in [2.75, 3.05) is 20.3 Å². The minimum absolute atomic E-state index is 0.439. The molecule has 2 heteroatoms. The van der Waals surface area contributed by atoms with Gasteiger partial charge in [-0.25, -0.2) is 0 Å². The molecule has 0 amide bonds. The molecule has 2 saturated heterocycles. The van der Waals surface area contributed by atoms with Crippen molar-refractivity contribution in [1.82, 2.24) is 4.90 Å². The average molecular weight is 197 g/mol. The van der Waals surface area contributed by atoms with Gasteiger partial charge in [0.1, 0.15) is 0 Å². The monoisotopic (exact) mass is 197 g/mol. The number of methoxy groups -OCH3 is 1. The zero-order chi connectivity index (χ0) is 10.0. The molecule has 82 valence electrons. The van der Waals surface area contributed by atoms with E-state index in [1.165, 1.54) is 45.1 Å². The van der Waals surface area contributed by atoms with Gasteiger partial charge >= 0.3 is 0 Å². The molecular formula is C12H23NO. The van der Waals surface area contributed by atoms with Crippen LogP contribution in [0.25, 0.3) is 0 Å². The molecule has 2 rings (SSSR count). The Bertz CT molecular complexity index is 195. The van der Waals surface area contributed by atoms with Gasteiger partial charge < -0.3 is 4.74 Å². The van der Waals surface area contributed by atoms with Crippen molar-refractivity contribution >= 4 is 0 Å². The molecule has 2 nitrogen and oxygen atoms in total. The van der Waals surface area contributed by atoms with Crippen molar-refractivity contribution in [2.45, 2.75) is 57.0 Å². The summed E-state index contributed by atoms with van der Waals surface area (Å²) in [5.74, 6) is 0. The van der Waals surface area contributed by atoms with E-state index in [9.17, 15) is 0 Å². The topological polar surface area (TPSA) is 12.5 Å². The van der Waals surface area contributed by atoms with Crippen LogP contribution in [0.5, 0.6) is 0 Å². The summed E-state index contributed by atoms with van der Waals surface area (Å²) in [6.07, 6.45) is 8.21. The maximum atomic E-state index is 5.42. The van der Waals surface area contributed by atoms with Crippen molar-refractivity contribution in [2.24, 2.45) is 0 Å². The summed E-state index contributed by atoms with van der Waals surface area (Å²) >= 11 is 0. The van der Waals surface area contributed by atoms with Gasteiger partial charge in [-0.05, 0) is 38.6 Å². The first-order valence-electron chi connectivity index (χ1n) is 6.08. The number of hydrogen-bond acceptors (Lipinski definition) is 2. The van der Waals surface area contributed by atoms with Gasteiger partial charge in [-0.1, -0.05) is 13.3 Å². The fourth-order valence-electron chi connectivity index (χ4n) is 3.52.